The average molecular weight is 368 g/mol. The normalized spacial score (nSPS) is 10.5. The van der Waals surface area contributed by atoms with Crippen LogP contribution in [-0.2, 0) is 13.1 Å². The van der Waals surface area contributed by atoms with Crippen LogP contribution in [0.1, 0.15) is 27.3 Å². The molecule has 6 heteroatoms. The third-order valence-corrected chi connectivity index (χ3v) is 4.40. The maximum absolute atomic E-state index is 12.6. The van der Waals surface area contributed by atoms with Crippen molar-refractivity contribution in [3.8, 4) is 0 Å². The number of aldehydes is 1. The van der Waals surface area contributed by atoms with E-state index in [1.54, 1.807) is 25.3 Å². The van der Waals surface area contributed by atoms with Crippen LogP contribution >= 0.6 is 11.6 Å². The van der Waals surface area contributed by atoms with E-state index in [0.717, 1.165) is 11.8 Å². The fourth-order valence-corrected chi connectivity index (χ4v) is 2.95. The first-order valence-electron chi connectivity index (χ1n) is 8.16. The summed E-state index contributed by atoms with van der Waals surface area (Å²) in [4.78, 5) is 28.4. The zero-order valence-corrected chi connectivity index (χ0v) is 15.0. The lowest BCUT2D eigenvalue weighted by Crippen LogP contribution is -2.25. The minimum absolute atomic E-state index is 0.203. The van der Waals surface area contributed by atoms with Gasteiger partial charge in [-0.1, -0.05) is 41.9 Å². The van der Waals surface area contributed by atoms with Crippen LogP contribution in [0, 0.1) is 6.92 Å². The number of pyridine rings is 2. The van der Waals surface area contributed by atoms with Crippen LogP contribution in [0.15, 0.2) is 59.5 Å². The Morgan fingerprint density at radius 2 is 1.96 bits per heavy atom. The lowest BCUT2D eigenvalue weighted by molar-refractivity contribution is 0.112. The van der Waals surface area contributed by atoms with Crippen LogP contribution in [0.4, 0.5) is 5.69 Å². The van der Waals surface area contributed by atoms with Gasteiger partial charge in [-0.05, 0) is 24.6 Å². The molecule has 3 aromatic rings. The summed E-state index contributed by atoms with van der Waals surface area (Å²) in [5, 5.41) is 3.73. The summed E-state index contributed by atoms with van der Waals surface area (Å²) in [7, 11) is 0. The maximum atomic E-state index is 12.6. The van der Waals surface area contributed by atoms with E-state index in [4.69, 9.17) is 11.6 Å². The predicted molar refractivity (Wildman–Crippen MR) is 103 cm³/mol. The quantitative estimate of drug-likeness (QED) is 0.675. The van der Waals surface area contributed by atoms with Crippen molar-refractivity contribution in [1.29, 1.82) is 0 Å². The second kappa shape index (κ2) is 7.97. The highest BCUT2D eigenvalue weighted by Crippen LogP contribution is 2.18. The highest BCUT2D eigenvalue weighted by Gasteiger charge is 2.13. The Hall–Kier alpha value is -2.92. The molecule has 0 bridgehead atoms. The number of halogens is 1. The smallest absolute Gasteiger partial charge is 0.253 e. The van der Waals surface area contributed by atoms with E-state index < -0.39 is 0 Å². The number of nitrogens with zero attached hydrogens (tertiary/aromatic N) is 2. The van der Waals surface area contributed by atoms with E-state index in [0.29, 0.717) is 34.2 Å². The van der Waals surface area contributed by atoms with Gasteiger partial charge in [0, 0.05) is 29.5 Å². The van der Waals surface area contributed by atoms with Crippen molar-refractivity contribution in [3.63, 3.8) is 0 Å². The number of nitrogens with one attached hydrogen (secondary N) is 1. The summed E-state index contributed by atoms with van der Waals surface area (Å²) in [6, 6.07) is 14.6. The molecule has 1 N–H and O–H groups in total. The molecular formula is C20H18ClN3O2. The highest BCUT2D eigenvalue weighted by atomic mass is 35.5. The van der Waals surface area contributed by atoms with Crippen LogP contribution in [0.3, 0.4) is 0 Å². The molecule has 0 saturated carbocycles. The monoisotopic (exact) mass is 367 g/mol. The molecule has 0 unspecified atom stereocenters. The Kier molecular flexibility index (Phi) is 5.49. The number of hydrogen-bond acceptors (Lipinski definition) is 4. The van der Waals surface area contributed by atoms with E-state index in [1.165, 1.54) is 10.6 Å². The molecule has 3 rings (SSSR count). The number of hydrogen-bond donors (Lipinski definition) is 1. The predicted octanol–water partition coefficient (Wildman–Crippen LogP) is 3.68. The standard InChI is InChI=1S/C20H18ClN3O2/c1-14-18(13-25)19(23-11-15-5-3-2-4-6-15)10-20(26)24(14)12-17-9-16(21)7-8-22-17/h2-10,13,23H,11-12H2,1H3. The van der Waals surface area contributed by atoms with Gasteiger partial charge in [-0.15, -0.1) is 0 Å². The van der Waals surface area contributed by atoms with E-state index in [-0.39, 0.29) is 12.1 Å². The SMILES string of the molecule is Cc1c(C=O)c(NCc2ccccc2)cc(=O)n1Cc1cc(Cl)ccn1. The third kappa shape index (κ3) is 4.00. The zero-order valence-electron chi connectivity index (χ0n) is 14.3. The fourth-order valence-electron chi connectivity index (χ4n) is 2.77. The first-order valence-corrected chi connectivity index (χ1v) is 8.54. The van der Waals surface area contributed by atoms with Gasteiger partial charge in [-0.2, -0.15) is 0 Å². The van der Waals surface area contributed by atoms with Gasteiger partial charge in [-0.25, -0.2) is 0 Å². The summed E-state index contributed by atoms with van der Waals surface area (Å²) in [6.45, 7) is 2.54. The van der Waals surface area contributed by atoms with E-state index >= 15 is 0 Å². The molecule has 0 aliphatic carbocycles. The van der Waals surface area contributed by atoms with Crippen molar-refractivity contribution < 1.29 is 4.79 Å². The van der Waals surface area contributed by atoms with Gasteiger partial charge < -0.3 is 9.88 Å². The third-order valence-electron chi connectivity index (χ3n) is 4.16. The molecule has 0 saturated heterocycles. The maximum Gasteiger partial charge on any atom is 0.253 e. The molecule has 2 aromatic heterocycles. The summed E-state index contributed by atoms with van der Waals surface area (Å²) >= 11 is 5.98. The van der Waals surface area contributed by atoms with Gasteiger partial charge in [0.25, 0.3) is 5.56 Å². The number of benzene rings is 1. The molecule has 1 aromatic carbocycles. The lowest BCUT2D eigenvalue weighted by atomic mass is 10.1. The highest BCUT2D eigenvalue weighted by molar-refractivity contribution is 6.30. The van der Waals surface area contributed by atoms with Crippen molar-refractivity contribution in [2.45, 2.75) is 20.0 Å². The van der Waals surface area contributed by atoms with Gasteiger partial charge in [-0.3, -0.25) is 14.6 Å². The van der Waals surface area contributed by atoms with E-state index in [9.17, 15) is 9.59 Å². The first kappa shape index (κ1) is 17.9. The summed E-state index contributed by atoms with van der Waals surface area (Å²) in [5.41, 5.74) is 3.10. The van der Waals surface area contributed by atoms with Crippen LogP contribution < -0.4 is 10.9 Å². The topological polar surface area (TPSA) is 64.0 Å². The molecule has 0 radical (unpaired) electrons. The van der Waals surface area contributed by atoms with Crippen molar-refractivity contribution in [2.75, 3.05) is 5.32 Å². The van der Waals surface area contributed by atoms with Crippen LogP contribution in [0.2, 0.25) is 5.02 Å². The Balaban J connectivity index is 1.91. The van der Waals surface area contributed by atoms with Gasteiger partial charge >= 0.3 is 0 Å². The summed E-state index contributed by atoms with van der Waals surface area (Å²) < 4.78 is 1.52. The van der Waals surface area contributed by atoms with Crippen molar-refractivity contribution >= 4 is 23.6 Å². The van der Waals surface area contributed by atoms with E-state index in [1.807, 2.05) is 30.3 Å². The molecule has 0 aliphatic heterocycles. The summed E-state index contributed by atoms with van der Waals surface area (Å²) in [5.74, 6) is 0. The number of carbonyl (C=O) groups excluding carboxylic acids is 1. The molecule has 2 heterocycles. The van der Waals surface area contributed by atoms with Crippen molar-refractivity contribution in [2.24, 2.45) is 0 Å². The first-order chi connectivity index (χ1) is 12.6. The van der Waals surface area contributed by atoms with Crippen molar-refractivity contribution in [1.82, 2.24) is 9.55 Å². The minimum atomic E-state index is -0.203. The number of anilines is 1. The van der Waals surface area contributed by atoms with Gasteiger partial charge in [0.2, 0.25) is 0 Å². The molecule has 0 amide bonds. The average Bonchev–Trinajstić information content (AvgIpc) is 2.64. The van der Waals surface area contributed by atoms with E-state index in [2.05, 4.69) is 10.3 Å². The number of rotatable bonds is 6. The lowest BCUT2D eigenvalue weighted by Gasteiger charge is -2.16. The Bertz CT molecular complexity index is 984. The molecule has 0 atom stereocenters. The molecule has 5 nitrogen and oxygen atoms in total. The molecule has 0 fully saturated rings. The fraction of sp³-hybridized carbons (Fsp3) is 0.150. The Labute approximate surface area is 156 Å². The molecule has 0 spiro atoms. The Morgan fingerprint density at radius 3 is 2.65 bits per heavy atom. The van der Waals surface area contributed by atoms with Crippen molar-refractivity contribution in [3.05, 3.63) is 92.6 Å². The molecule has 26 heavy (non-hydrogen) atoms. The second-order valence-corrected chi connectivity index (χ2v) is 6.34. The molecule has 0 aliphatic rings. The zero-order chi connectivity index (χ0) is 18.5. The second-order valence-electron chi connectivity index (χ2n) is 5.90. The van der Waals surface area contributed by atoms with Gasteiger partial charge in [0.05, 0.1) is 23.5 Å². The summed E-state index contributed by atoms with van der Waals surface area (Å²) in [6.07, 6.45) is 2.36. The minimum Gasteiger partial charge on any atom is -0.380 e. The Morgan fingerprint density at radius 1 is 1.19 bits per heavy atom. The van der Waals surface area contributed by atoms with Crippen LogP contribution in [0.25, 0.3) is 0 Å². The van der Waals surface area contributed by atoms with Gasteiger partial charge in [0.15, 0.2) is 6.29 Å². The van der Waals surface area contributed by atoms with Crippen LogP contribution in [0.5, 0.6) is 0 Å². The molecule has 132 valence electrons. The number of carbonyl (C=O) groups is 1. The number of aromatic nitrogens is 2. The molecular weight excluding hydrogens is 350 g/mol. The largest absolute Gasteiger partial charge is 0.380 e. The van der Waals surface area contributed by atoms with Gasteiger partial charge in [0.1, 0.15) is 0 Å². The van der Waals surface area contributed by atoms with Crippen LogP contribution in [-0.4, -0.2) is 15.8 Å².